The van der Waals surface area contributed by atoms with E-state index in [9.17, 15) is 4.79 Å². The Bertz CT molecular complexity index is 443. The minimum absolute atomic E-state index is 0.366. The number of guanidine groups is 1. The molecule has 0 bridgehead atoms. The quantitative estimate of drug-likeness (QED) is 0.486. The molecule has 0 heterocycles. The van der Waals surface area contributed by atoms with Crippen molar-refractivity contribution in [3.63, 3.8) is 0 Å². The normalized spacial score (nSPS) is 9.89. The summed E-state index contributed by atoms with van der Waals surface area (Å²) in [6.45, 7) is 4.19. The number of rotatable bonds is 4. The molecule has 0 aromatic heterocycles. The van der Waals surface area contributed by atoms with Gasteiger partial charge in [-0.15, -0.1) is 0 Å². The van der Waals surface area contributed by atoms with Gasteiger partial charge in [0, 0.05) is 5.69 Å². The zero-order chi connectivity index (χ0) is 13.5. The van der Waals surface area contributed by atoms with Crippen LogP contribution in [0.3, 0.4) is 0 Å². The van der Waals surface area contributed by atoms with E-state index in [1.54, 1.807) is 0 Å². The van der Waals surface area contributed by atoms with Gasteiger partial charge in [-0.1, -0.05) is 32.4 Å². The lowest BCUT2D eigenvalue weighted by Gasteiger charge is -2.12. The van der Waals surface area contributed by atoms with Crippen LogP contribution in [0, 0.1) is 5.41 Å². The number of anilines is 1. The molecule has 1 aromatic rings. The Balaban J connectivity index is 2.86. The number of carbonyl (C=O) groups excluding carboxylic acids is 1. The highest BCUT2D eigenvalue weighted by atomic mass is 16.2. The van der Waals surface area contributed by atoms with Crippen LogP contribution in [0.15, 0.2) is 18.2 Å². The lowest BCUT2D eigenvalue weighted by molar-refractivity contribution is 0.256. The molecule has 1 rings (SSSR count). The summed E-state index contributed by atoms with van der Waals surface area (Å²) in [4.78, 5) is 11.5. The number of nitrogens with two attached hydrogens (primary N) is 1. The summed E-state index contributed by atoms with van der Waals surface area (Å²) in [5, 5.41) is 11.9. The first-order valence-electron chi connectivity index (χ1n) is 6.10. The summed E-state index contributed by atoms with van der Waals surface area (Å²) in [5.41, 5.74) is 8.23. The lowest BCUT2D eigenvalue weighted by Crippen LogP contribution is -2.38. The van der Waals surface area contributed by atoms with Crippen molar-refractivity contribution >= 4 is 17.7 Å². The van der Waals surface area contributed by atoms with E-state index in [4.69, 9.17) is 11.1 Å². The number of benzene rings is 1. The van der Waals surface area contributed by atoms with Gasteiger partial charge in [-0.2, -0.15) is 0 Å². The third kappa shape index (κ3) is 4.08. The molecule has 5 nitrogen and oxygen atoms in total. The highest BCUT2D eigenvalue weighted by Crippen LogP contribution is 2.19. The Morgan fingerprint density at radius 2 is 2.11 bits per heavy atom. The monoisotopic (exact) mass is 248 g/mol. The fraction of sp³-hybridized carbons (Fsp3) is 0.385. The third-order valence-corrected chi connectivity index (χ3v) is 2.59. The zero-order valence-electron chi connectivity index (χ0n) is 10.8. The van der Waals surface area contributed by atoms with E-state index in [0.717, 1.165) is 30.5 Å². The molecule has 18 heavy (non-hydrogen) atoms. The van der Waals surface area contributed by atoms with Gasteiger partial charge in [-0.3, -0.25) is 10.7 Å². The Kier molecular flexibility index (Phi) is 5.17. The summed E-state index contributed by atoms with van der Waals surface area (Å²) in [6, 6.07) is 5.50. The van der Waals surface area contributed by atoms with Gasteiger partial charge in [0.2, 0.25) is 0 Å². The highest BCUT2D eigenvalue weighted by Gasteiger charge is 2.07. The van der Waals surface area contributed by atoms with Crippen LogP contribution in [0.5, 0.6) is 0 Å². The van der Waals surface area contributed by atoms with Crippen LogP contribution in [0.4, 0.5) is 10.5 Å². The number of hydrogen-bond acceptors (Lipinski definition) is 2. The first kappa shape index (κ1) is 14.0. The summed E-state index contributed by atoms with van der Waals surface area (Å²) >= 11 is 0. The fourth-order valence-electron chi connectivity index (χ4n) is 1.74. The Morgan fingerprint density at radius 1 is 1.39 bits per heavy atom. The smallest absolute Gasteiger partial charge is 0.325 e. The molecule has 5 N–H and O–H groups in total. The van der Waals surface area contributed by atoms with Crippen LogP contribution in [0.1, 0.15) is 31.4 Å². The molecule has 98 valence electrons. The van der Waals surface area contributed by atoms with Crippen molar-refractivity contribution in [1.29, 1.82) is 5.41 Å². The van der Waals surface area contributed by atoms with E-state index in [-0.39, 0.29) is 5.96 Å². The third-order valence-electron chi connectivity index (χ3n) is 2.59. The van der Waals surface area contributed by atoms with Gasteiger partial charge in [0.25, 0.3) is 0 Å². The summed E-state index contributed by atoms with van der Waals surface area (Å²) < 4.78 is 0. The van der Waals surface area contributed by atoms with Crippen molar-refractivity contribution in [2.24, 2.45) is 5.73 Å². The second kappa shape index (κ2) is 6.64. The van der Waals surface area contributed by atoms with E-state index < -0.39 is 6.03 Å². The lowest BCUT2D eigenvalue weighted by atomic mass is 10.0. The maximum Gasteiger partial charge on any atom is 0.325 e. The Labute approximate surface area is 107 Å². The van der Waals surface area contributed by atoms with Crippen molar-refractivity contribution in [2.75, 3.05) is 5.32 Å². The van der Waals surface area contributed by atoms with Gasteiger partial charge in [0.15, 0.2) is 5.96 Å². The molecule has 1 aromatic carbocycles. The number of hydrogen-bond donors (Lipinski definition) is 4. The number of amides is 2. The molecule has 0 saturated heterocycles. The molecular formula is C13H20N4O. The van der Waals surface area contributed by atoms with Gasteiger partial charge >= 0.3 is 6.03 Å². The average molecular weight is 248 g/mol. The van der Waals surface area contributed by atoms with Gasteiger partial charge in [0.05, 0.1) is 0 Å². The molecule has 0 radical (unpaired) electrons. The molecule has 0 aliphatic heterocycles. The van der Waals surface area contributed by atoms with Crippen molar-refractivity contribution < 1.29 is 4.79 Å². The van der Waals surface area contributed by atoms with Crippen LogP contribution in [-0.4, -0.2) is 12.0 Å². The molecule has 5 heteroatoms. The van der Waals surface area contributed by atoms with Gasteiger partial charge in [-0.25, -0.2) is 4.79 Å². The van der Waals surface area contributed by atoms with Crippen molar-refractivity contribution in [3.05, 3.63) is 29.3 Å². The average Bonchev–Trinajstić information content (AvgIpc) is 2.30. The maximum absolute atomic E-state index is 11.5. The second-order valence-corrected chi connectivity index (χ2v) is 4.09. The SMILES string of the molecule is CCCc1cc(CC)ccc1NC(=O)NC(=N)N. The first-order valence-corrected chi connectivity index (χ1v) is 6.10. The van der Waals surface area contributed by atoms with E-state index in [1.807, 2.05) is 12.1 Å². The molecule has 0 aliphatic rings. The predicted molar refractivity (Wildman–Crippen MR) is 73.9 cm³/mol. The summed E-state index contributed by atoms with van der Waals surface area (Å²) in [5.74, 6) is -0.366. The van der Waals surface area contributed by atoms with Crippen molar-refractivity contribution in [2.45, 2.75) is 33.1 Å². The van der Waals surface area contributed by atoms with E-state index in [2.05, 4.69) is 30.5 Å². The van der Waals surface area contributed by atoms with E-state index in [0.29, 0.717) is 0 Å². The Hall–Kier alpha value is -2.04. The van der Waals surface area contributed by atoms with Gasteiger partial charge in [0.1, 0.15) is 0 Å². The molecule has 0 atom stereocenters. The maximum atomic E-state index is 11.5. The van der Waals surface area contributed by atoms with Crippen LogP contribution in [0.2, 0.25) is 0 Å². The molecule has 0 aliphatic carbocycles. The first-order chi connectivity index (χ1) is 8.56. The molecule has 0 spiro atoms. The zero-order valence-corrected chi connectivity index (χ0v) is 10.8. The van der Waals surface area contributed by atoms with Crippen LogP contribution in [0.25, 0.3) is 0 Å². The van der Waals surface area contributed by atoms with Gasteiger partial charge in [-0.05, 0) is 30.0 Å². The molecule has 2 amide bonds. The highest BCUT2D eigenvalue weighted by molar-refractivity contribution is 6.01. The summed E-state index contributed by atoms with van der Waals surface area (Å²) in [7, 11) is 0. The van der Waals surface area contributed by atoms with E-state index in [1.165, 1.54) is 5.56 Å². The number of urea groups is 1. The van der Waals surface area contributed by atoms with Gasteiger partial charge < -0.3 is 11.1 Å². The largest absolute Gasteiger partial charge is 0.370 e. The second-order valence-electron chi connectivity index (χ2n) is 4.09. The van der Waals surface area contributed by atoms with Crippen molar-refractivity contribution in [1.82, 2.24) is 5.32 Å². The van der Waals surface area contributed by atoms with Crippen LogP contribution < -0.4 is 16.4 Å². The predicted octanol–water partition coefficient (Wildman–Crippen LogP) is 2.22. The van der Waals surface area contributed by atoms with Crippen LogP contribution >= 0.6 is 0 Å². The molecule has 0 saturated carbocycles. The van der Waals surface area contributed by atoms with Crippen molar-refractivity contribution in [3.8, 4) is 0 Å². The van der Waals surface area contributed by atoms with Crippen LogP contribution in [-0.2, 0) is 12.8 Å². The standard InChI is InChI=1S/C13H20N4O/c1-3-5-10-8-9(4-2)6-7-11(10)16-13(18)17-12(14)15/h6-8H,3-5H2,1-2H3,(H5,14,15,16,17,18). The fourth-order valence-corrected chi connectivity index (χ4v) is 1.74. The number of aryl methyl sites for hydroxylation is 2. The topological polar surface area (TPSA) is 91.0 Å². The minimum atomic E-state index is -0.482. The molecule has 0 fully saturated rings. The minimum Gasteiger partial charge on any atom is -0.370 e. The Morgan fingerprint density at radius 3 is 2.67 bits per heavy atom. The van der Waals surface area contributed by atoms with E-state index >= 15 is 0 Å². The number of nitrogens with one attached hydrogen (secondary N) is 3. The summed E-state index contributed by atoms with van der Waals surface area (Å²) in [6.07, 6.45) is 2.89. The number of carbonyl (C=O) groups is 1. The molecular weight excluding hydrogens is 228 g/mol. The molecule has 0 unspecified atom stereocenters.